The van der Waals surface area contributed by atoms with Gasteiger partial charge in [0.1, 0.15) is 5.82 Å². The first-order valence-electron chi connectivity index (χ1n) is 7.15. The zero-order valence-corrected chi connectivity index (χ0v) is 13.1. The Morgan fingerprint density at radius 3 is 2.10 bits per heavy atom. The highest BCUT2D eigenvalue weighted by Gasteiger charge is 2.15. The van der Waals surface area contributed by atoms with E-state index < -0.39 is 0 Å². The van der Waals surface area contributed by atoms with Gasteiger partial charge in [0.05, 0.1) is 14.2 Å². The molecule has 0 aromatic carbocycles. The Balaban J connectivity index is 2.79. The molecule has 0 fully saturated rings. The van der Waals surface area contributed by atoms with E-state index in [0.717, 1.165) is 25.8 Å². The molecule has 1 N–H and O–H groups in total. The third kappa shape index (κ3) is 5.69. The molecule has 0 amide bonds. The number of methoxy groups -OCH3 is 2. The van der Waals surface area contributed by atoms with Gasteiger partial charge < -0.3 is 14.8 Å². The molecule has 1 rings (SSSR count). The van der Waals surface area contributed by atoms with Crippen LogP contribution in [0.3, 0.4) is 0 Å². The maximum absolute atomic E-state index is 5.08. The largest absolute Gasteiger partial charge is 0.467 e. The van der Waals surface area contributed by atoms with E-state index in [4.69, 9.17) is 9.47 Å². The predicted molar refractivity (Wildman–Crippen MR) is 78.2 cm³/mol. The Morgan fingerprint density at radius 1 is 1.05 bits per heavy atom. The van der Waals surface area contributed by atoms with E-state index in [1.54, 1.807) is 14.2 Å². The normalized spacial score (nSPS) is 12.5. The Bertz CT molecular complexity index is 377. The van der Waals surface area contributed by atoms with E-state index in [1.165, 1.54) is 0 Å². The van der Waals surface area contributed by atoms with Crippen LogP contribution in [-0.2, 0) is 6.42 Å². The van der Waals surface area contributed by atoms with E-state index >= 15 is 0 Å². The minimum absolute atomic E-state index is 0.297. The van der Waals surface area contributed by atoms with Crippen LogP contribution in [0.5, 0.6) is 12.0 Å². The first-order chi connectivity index (χ1) is 9.58. The van der Waals surface area contributed by atoms with Crippen LogP contribution in [0, 0.1) is 5.92 Å². The summed E-state index contributed by atoms with van der Waals surface area (Å²) in [7, 11) is 3.08. The van der Waals surface area contributed by atoms with Gasteiger partial charge in [0.15, 0.2) is 0 Å². The molecule has 1 atom stereocenters. The molecule has 0 saturated carbocycles. The molecule has 0 spiro atoms. The number of nitrogens with one attached hydrogen (secondary N) is 1. The van der Waals surface area contributed by atoms with Crippen molar-refractivity contribution in [1.29, 1.82) is 0 Å². The fourth-order valence-electron chi connectivity index (χ4n) is 2.03. The lowest BCUT2D eigenvalue weighted by molar-refractivity contribution is 0.332. The molecule has 114 valence electrons. The fraction of sp³-hybridized carbons (Fsp3) is 0.786. The molecule has 0 saturated heterocycles. The fourth-order valence-corrected chi connectivity index (χ4v) is 2.03. The highest BCUT2D eigenvalue weighted by atomic mass is 16.5. The number of hydrogen-bond donors (Lipinski definition) is 1. The second kappa shape index (κ2) is 8.68. The summed E-state index contributed by atoms with van der Waals surface area (Å²) in [6, 6.07) is 0.947. The molecule has 20 heavy (non-hydrogen) atoms. The summed E-state index contributed by atoms with van der Waals surface area (Å²) in [5.74, 6) is 1.32. The van der Waals surface area contributed by atoms with Gasteiger partial charge in [-0.15, -0.1) is 4.98 Å². The van der Waals surface area contributed by atoms with Crippen molar-refractivity contribution in [3.05, 3.63) is 5.82 Å². The quantitative estimate of drug-likeness (QED) is 0.745. The molecule has 6 heteroatoms. The lowest BCUT2D eigenvalue weighted by Crippen LogP contribution is -2.33. The lowest BCUT2D eigenvalue weighted by Gasteiger charge is -2.19. The van der Waals surface area contributed by atoms with Crippen LogP contribution in [0.25, 0.3) is 0 Å². The van der Waals surface area contributed by atoms with E-state index in [2.05, 4.69) is 41.0 Å². The summed E-state index contributed by atoms with van der Waals surface area (Å²) in [5, 5.41) is 3.54. The van der Waals surface area contributed by atoms with Crippen LogP contribution in [0.2, 0.25) is 0 Å². The first-order valence-corrected chi connectivity index (χ1v) is 7.15. The van der Waals surface area contributed by atoms with Gasteiger partial charge in [-0.25, -0.2) is 0 Å². The highest BCUT2D eigenvalue weighted by Crippen LogP contribution is 2.13. The SMILES string of the molecule is CCCNC(Cc1nc(OC)nc(OC)n1)CC(C)C. The van der Waals surface area contributed by atoms with Crippen molar-refractivity contribution < 1.29 is 9.47 Å². The second-order valence-electron chi connectivity index (χ2n) is 5.21. The Hall–Kier alpha value is -1.43. The van der Waals surface area contributed by atoms with Crippen molar-refractivity contribution in [2.45, 2.75) is 46.1 Å². The lowest BCUT2D eigenvalue weighted by atomic mass is 10.0. The van der Waals surface area contributed by atoms with Gasteiger partial charge >= 0.3 is 12.0 Å². The summed E-state index contributed by atoms with van der Waals surface area (Å²) in [5.41, 5.74) is 0. The number of rotatable bonds is 9. The number of nitrogens with zero attached hydrogens (tertiary/aromatic N) is 3. The minimum atomic E-state index is 0.297. The van der Waals surface area contributed by atoms with E-state index in [0.29, 0.717) is 29.8 Å². The monoisotopic (exact) mass is 282 g/mol. The summed E-state index contributed by atoms with van der Waals surface area (Å²) in [4.78, 5) is 12.6. The van der Waals surface area contributed by atoms with E-state index in [1.807, 2.05) is 0 Å². The Kier molecular flexibility index (Phi) is 7.22. The van der Waals surface area contributed by atoms with Crippen LogP contribution >= 0.6 is 0 Å². The van der Waals surface area contributed by atoms with E-state index in [9.17, 15) is 0 Å². The second-order valence-corrected chi connectivity index (χ2v) is 5.21. The van der Waals surface area contributed by atoms with Crippen LogP contribution in [0.15, 0.2) is 0 Å². The molecule has 0 radical (unpaired) electrons. The molecule has 1 unspecified atom stereocenters. The highest BCUT2D eigenvalue weighted by molar-refractivity contribution is 5.06. The van der Waals surface area contributed by atoms with Gasteiger partial charge in [0.25, 0.3) is 0 Å². The molecule has 0 aliphatic rings. The predicted octanol–water partition coefficient (Wildman–Crippen LogP) is 1.85. The van der Waals surface area contributed by atoms with Crippen LogP contribution in [0.4, 0.5) is 0 Å². The third-order valence-electron chi connectivity index (χ3n) is 2.87. The van der Waals surface area contributed by atoms with Crippen LogP contribution in [0.1, 0.15) is 39.4 Å². The van der Waals surface area contributed by atoms with Crippen molar-refractivity contribution in [2.75, 3.05) is 20.8 Å². The standard InChI is InChI=1S/C14H26N4O2/c1-6-7-15-11(8-10(2)3)9-12-16-13(19-4)18-14(17-12)20-5/h10-11,15H,6-9H2,1-5H3. The average Bonchev–Trinajstić information content (AvgIpc) is 2.43. The van der Waals surface area contributed by atoms with Gasteiger partial charge in [0, 0.05) is 12.5 Å². The zero-order chi connectivity index (χ0) is 15.0. The van der Waals surface area contributed by atoms with Crippen molar-refractivity contribution in [2.24, 2.45) is 5.92 Å². The molecular weight excluding hydrogens is 256 g/mol. The summed E-state index contributed by atoms with van der Waals surface area (Å²) in [6.07, 6.45) is 2.93. The molecular formula is C14H26N4O2. The van der Waals surface area contributed by atoms with Crippen LogP contribution in [-0.4, -0.2) is 41.8 Å². The van der Waals surface area contributed by atoms with Gasteiger partial charge in [-0.2, -0.15) is 9.97 Å². The molecule has 1 aromatic rings. The molecule has 1 aromatic heterocycles. The third-order valence-corrected chi connectivity index (χ3v) is 2.87. The van der Waals surface area contributed by atoms with Gasteiger partial charge in [0.2, 0.25) is 0 Å². The van der Waals surface area contributed by atoms with Crippen molar-refractivity contribution in [1.82, 2.24) is 20.3 Å². The van der Waals surface area contributed by atoms with Crippen molar-refractivity contribution >= 4 is 0 Å². The van der Waals surface area contributed by atoms with Gasteiger partial charge in [-0.05, 0) is 25.3 Å². The van der Waals surface area contributed by atoms with Crippen molar-refractivity contribution in [3.8, 4) is 12.0 Å². The Morgan fingerprint density at radius 2 is 1.65 bits per heavy atom. The minimum Gasteiger partial charge on any atom is -0.467 e. The summed E-state index contributed by atoms with van der Waals surface area (Å²) >= 11 is 0. The molecule has 1 heterocycles. The topological polar surface area (TPSA) is 69.2 Å². The molecule has 0 bridgehead atoms. The van der Waals surface area contributed by atoms with Crippen molar-refractivity contribution in [3.63, 3.8) is 0 Å². The number of hydrogen-bond acceptors (Lipinski definition) is 6. The molecule has 0 aliphatic carbocycles. The van der Waals surface area contributed by atoms with Gasteiger partial charge in [-0.3, -0.25) is 0 Å². The van der Waals surface area contributed by atoms with Crippen LogP contribution < -0.4 is 14.8 Å². The molecule has 6 nitrogen and oxygen atoms in total. The molecule has 0 aliphatic heterocycles. The van der Waals surface area contributed by atoms with Gasteiger partial charge in [-0.1, -0.05) is 20.8 Å². The smallest absolute Gasteiger partial charge is 0.322 e. The zero-order valence-electron chi connectivity index (χ0n) is 13.1. The number of aromatic nitrogens is 3. The maximum atomic E-state index is 5.08. The maximum Gasteiger partial charge on any atom is 0.322 e. The average molecular weight is 282 g/mol. The van der Waals surface area contributed by atoms with E-state index in [-0.39, 0.29) is 0 Å². The number of ether oxygens (including phenoxy) is 2. The Labute approximate surface area is 121 Å². The first kappa shape index (κ1) is 16.6. The summed E-state index contributed by atoms with van der Waals surface area (Å²) in [6.45, 7) is 7.59. The summed E-state index contributed by atoms with van der Waals surface area (Å²) < 4.78 is 10.2.